The summed E-state index contributed by atoms with van der Waals surface area (Å²) < 4.78 is 14.7. The predicted octanol–water partition coefficient (Wildman–Crippen LogP) is 2.34. The molecule has 2 aromatic rings. The van der Waals surface area contributed by atoms with E-state index in [2.05, 4.69) is 5.10 Å². The Morgan fingerprint density at radius 3 is 2.94 bits per heavy atom. The molecule has 0 bridgehead atoms. The molecule has 1 aromatic heterocycles. The second-order valence-electron chi connectivity index (χ2n) is 4.06. The highest BCUT2D eigenvalue weighted by Gasteiger charge is 2.08. The van der Waals surface area contributed by atoms with Crippen LogP contribution < -0.4 is 0 Å². The molecule has 1 heterocycles. The van der Waals surface area contributed by atoms with Gasteiger partial charge in [-0.25, -0.2) is 9.07 Å². The van der Waals surface area contributed by atoms with E-state index in [0.29, 0.717) is 12.1 Å². The van der Waals surface area contributed by atoms with Crippen molar-refractivity contribution in [2.75, 3.05) is 0 Å². The van der Waals surface area contributed by atoms with E-state index in [0.717, 1.165) is 11.3 Å². The molecule has 4 nitrogen and oxygen atoms in total. The zero-order valence-electron chi connectivity index (χ0n) is 9.93. The second-order valence-corrected chi connectivity index (χ2v) is 4.06. The van der Waals surface area contributed by atoms with E-state index >= 15 is 0 Å². The highest BCUT2D eigenvalue weighted by molar-refractivity contribution is 5.67. The van der Waals surface area contributed by atoms with Gasteiger partial charge in [-0.2, -0.15) is 5.10 Å². The van der Waals surface area contributed by atoms with Crippen LogP contribution in [0.4, 0.5) is 4.39 Å². The minimum absolute atomic E-state index is 0.0652. The first-order valence-corrected chi connectivity index (χ1v) is 5.59. The van der Waals surface area contributed by atoms with Crippen LogP contribution in [0.3, 0.4) is 0 Å². The van der Waals surface area contributed by atoms with Crippen LogP contribution in [0.5, 0.6) is 0 Å². The van der Waals surface area contributed by atoms with Crippen LogP contribution in [-0.2, 0) is 11.2 Å². The number of benzene rings is 1. The van der Waals surface area contributed by atoms with Crippen LogP contribution >= 0.6 is 0 Å². The summed E-state index contributed by atoms with van der Waals surface area (Å²) >= 11 is 0. The Morgan fingerprint density at radius 2 is 2.28 bits per heavy atom. The molecule has 2 rings (SSSR count). The normalized spacial score (nSPS) is 10.6. The van der Waals surface area contributed by atoms with Crippen molar-refractivity contribution in [1.82, 2.24) is 9.78 Å². The molecule has 0 amide bonds. The fourth-order valence-corrected chi connectivity index (χ4v) is 1.73. The predicted molar refractivity (Wildman–Crippen MR) is 64.2 cm³/mol. The Balaban J connectivity index is 2.25. The molecule has 0 atom stereocenters. The van der Waals surface area contributed by atoms with Crippen molar-refractivity contribution < 1.29 is 14.3 Å². The molecule has 1 aromatic carbocycles. The van der Waals surface area contributed by atoms with Crippen LogP contribution in [0, 0.1) is 12.7 Å². The third kappa shape index (κ3) is 2.74. The largest absolute Gasteiger partial charge is 0.481 e. The van der Waals surface area contributed by atoms with E-state index in [1.807, 2.05) is 6.92 Å². The lowest BCUT2D eigenvalue weighted by atomic mass is 10.1. The molecular formula is C13H13FN2O2. The minimum atomic E-state index is -0.840. The lowest BCUT2D eigenvalue weighted by Gasteiger charge is -2.00. The molecule has 18 heavy (non-hydrogen) atoms. The van der Waals surface area contributed by atoms with Crippen molar-refractivity contribution in [3.05, 3.63) is 47.5 Å². The van der Waals surface area contributed by atoms with Gasteiger partial charge < -0.3 is 5.11 Å². The monoisotopic (exact) mass is 248 g/mol. The summed E-state index contributed by atoms with van der Waals surface area (Å²) in [6.07, 6.45) is 2.24. The van der Waals surface area contributed by atoms with Crippen LogP contribution in [0.25, 0.3) is 5.69 Å². The van der Waals surface area contributed by atoms with Crippen molar-refractivity contribution in [2.45, 2.75) is 19.8 Å². The number of aromatic nitrogens is 2. The number of aliphatic carboxylic acids is 1. The van der Waals surface area contributed by atoms with E-state index in [-0.39, 0.29) is 12.2 Å². The number of aryl methyl sites for hydroxylation is 2. The summed E-state index contributed by atoms with van der Waals surface area (Å²) in [5, 5.41) is 12.9. The maximum absolute atomic E-state index is 13.1. The van der Waals surface area contributed by atoms with E-state index in [1.165, 1.54) is 12.1 Å². The summed E-state index contributed by atoms with van der Waals surface area (Å²) in [6, 6.07) is 6.10. The second kappa shape index (κ2) is 5.00. The standard InChI is InChI=1S/C13H13FN2O2/c1-9-10(5-6-13(17)18)8-16(15-9)12-4-2-3-11(14)7-12/h2-4,7-8H,5-6H2,1H3,(H,17,18). The third-order valence-corrected chi connectivity index (χ3v) is 2.68. The zero-order valence-corrected chi connectivity index (χ0v) is 9.93. The average molecular weight is 248 g/mol. The number of carboxylic acid groups (broad SMARTS) is 1. The SMILES string of the molecule is Cc1nn(-c2cccc(F)c2)cc1CCC(=O)O. The molecule has 5 heteroatoms. The van der Waals surface area contributed by atoms with Gasteiger partial charge in [0.1, 0.15) is 5.82 Å². The van der Waals surface area contributed by atoms with Gasteiger partial charge in [-0.15, -0.1) is 0 Å². The fourth-order valence-electron chi connectivity index (χ4n) is 1.73. The van der Waals surface area contributed by atoms with Gasteiger partial charge in [-0.05, 0) is 37.1 Å². The van der Waals surface area contributed by atoms with Crippen molar-refractivity contribution in [3.8, 4) is 5.69 Å². The van der Waals surface area contributed by atoms with Gasteiger partial charge in [0.05, 0.1) is 11.4 Å². The van der Waals surface area contributed by atoms with Crippen molar-refractivity contribution in [2.24, 2.45) is 0 Å². The molecule has 0 unspecified atom stereocenters. The molecular weight excluding hydrogens is 235 g/mol. The number of hydrogen-bond donors (Lipinski definition) is 1. The maximum atomic E-state index is 13.1. The number of halogens is 1. The Morgan fingerprint density at radius 1 is 1.50 bits per heavy atom. The summed E-state index contributed by atoms with van der Waals surface area (Å²) in [6.45, 7) is 1.81. The first-order chi connectivity index (χ1) is 8.56. The minimum Gasteiger partial charge on any atom is -0.481 e. The van der Waals surface area contributed by atoms with Gasteiger partial charge in [0.2, 0.25) is 0 Å². The van der Waals surface area contributed by atoms with E-state index < -0.39 is 5.97 Å². The first kappa shape index (κ1) is 12.3. The van der Waals surface area contributed by atoms with Crippen LogP contribution in [0.1, 0.15) is 17.7 Å². The summed E-state index contributed by atoms with van der Waals surface area (Å²) in [5.41, 5.74) is 2.25. The van der Waals surface area contributed by atoms with E-state index in [4.69, 9.17) is 5.11 Å². The molecule has 1 N–H and O–H groups in total. The molecule has 0 saturated carbocycles. The molecule has 94 valence electrons. The topological polar surface area (TPSA) is 55.1 Å². The van der Waals surface area contributed by atoms with Gasteiger partial charge in [0.25, 0.3) is 0 Å². The highest BCUT2D eigenvalue weighted by Crippen LogP contribution is 2.14. The number of rotatable bonds is 4. The molecule has 0 aliphatic carbocycles. The molecule has 0 spiro atoms. The Kier molecular flexibility index (Phi) is 3.41. The molecule has 0 saturated heterocycles. The van der Waals surface area contributed by atoms with Gasteiger partial charge in [-0.1, -0.05) is 6.07 Å². The fraction of sp³-hybridized carbons (Fsp3) is 0.231. The Labute approximate surface area is 104 Å². The number of carbonyl (C=O) groups is 1. The lowest BCUT2D eigenvalue weighted by molar-refractivity contribution is -0.136. The molecule has 0 radical (unpaired) electrons. The van der Waals surface area contributed by atoms with Crippen molar-refractivity contribution >= 4 is 5.97 Å². The van der Waals surface area contributed by atoms with Crippen LogP contribution in [0.15, 0.2) is 30.5 Å². The van der Waals surface area contributed by atoms with Crippen molar-refractivity contribution in [3.63, 3.8) is 0 Å². The van der Waals surface area contributed by atoms with Gasteiger partial charge in [0, 0.05) is 12.6 Å². The average Bonchev–Trinajstić information content (AvgIpc) is 2.68. The molecule has 0 fully saturated rings. The van der Waals surface area contributed by atoms with Gasteiger partial charge in [-0.3, -0.25) is 4.79 Å². The third-order valence-electron chi connectivity index (χ3n) is 2.68. The Bertz CT molecular complexity index is 578. The lowest BCUT2D eigenvalue weighted by Crippen LogP contribution is -1.97. The number of carboxylic acids is 1. The summed E-state index contributed by atoms with van der Waals surface area (Å²) in [4.78, 5) is 10.5. The highest BCUT2D eigenvalue weighted by atomic mass is 19.1. The summed E-state index contributed by atoms with van der Waals surface area (Å²) in [5.74, 6) is -1.17. The zero-order chi connectivity index (χ0) is 13.1. The number of hydrogen-bond acceptors (Lipinski definition) is 2. The molecule has 0 aliphatic heterocycles. The van der Waals surface area contributed by atoms with Crippen LogP contribution in [0.2, 0.25) is 0 Å². The number of nitrogens with zero attached hydrogens (tertiary/aromatic N) is 2. The van der Waals surface area contributed by atoms with E-state index in [1.54, 1.807) is 23.0 Å². The van der Waals surface area contributed by atoms with Crippen LogP contribution in [-0.4, -0.2) is 20.9 Å². The Hall–Kier alpha value is -2.17. The molecule has 0 aliphatic rings. The quantitative estimate of drug-likeness (QED) is 0.903. The van der Waals surface area contributed by atoms with Gasteiger partial charge >= 0.3 is 5.97 Å². The maximum Gasteiger partial charge on any atom is 0.303 e. The van der Waals surface area contributed by atoms with E-state index in [9.17, 15) is 9.18 Å². The summed E-state index contributed by atoms with van der Waals surface area (Å²) in [7, 11) is 0. The first-order valence-electron chi connectivity index (χ1n) is 5.59. The smallest absolute Gasteiger partial charge is 0.303 e. The van der Waals surface area contributed by atoms with Gasteiger partial charge in [0.15, 0.2) is 0 Å². The van der Waals surface area contributed by atoms with Crippen molar-refractivity contribution in [1.29, 1.82) is 0 Å².